The van der Waals surface area contributed by atoms with Gasteiger partial charge in [0.2, 0.25) is 11.8 Å². The predicted molar refractivity (Wildman–Crippen MR) is 122 cm³/mol. The normalized spacial score (nSPS) is 18.9. The summed E-state index contributed by atoms with van der Waals surface area (Å²) in [6.45, 7) is 8.63. The van der Waals surface area contributed by atoms with E-state index in [0.29, 0.717) is 13.1 Å². The number of nitrogens with zero attached hydrogens (tertiary/aromatic N) is 3. The van der Waals surface area contributed by atoms with Gasteiger partial charge in [0.1, 0.15) is 0 Å². The van der Waals surface area contributed by atoms with E-state index >= 15 is 0 Å². The van der Waals surface area contributed by atoms with Crippen molar-refractivity contribution >= 4 is 17.5 Å². The lowest BCUT2D eigenvalue weighted by Crippen LogP contribution is -2.41. The van der Waals surface area contributed by atoms with E-state index in [4.69, 9.17) is 0 Å². The fourth-order valence-corrected chi connectivity index (χ4v) is 4.32. The van der Waals surface area contributed by atoms with E-state index < -0.39 is 0 Å². The Kier molecular flexibility index (Phi) is 8.74. The van der Waals surface area contributed by atoms with E-state index in [9.17, 15) is 9.59 Å². The molecule has 0 saturated heterocycles. The summed E-state index contributed by atoms with van der Waals surface area (Å²) < 4.78 is 0. The Bertz CT molecular complexity index is 697. The van der Waals surface area contributed by atoms with Gasteiger partial charge in [0.05, 0.1) is 6.54 Å². The lowest BCUT2D eigenvalue weighted by atomic mass is 10.1. The van der Waals surface area contributed by atoms with E-state index in [0.717, 1.165) is 63.1 Å². The number of carbonyl (C=O) groups excluding carboxylic acids is 2. The molecule has 3 rings (SSSR count). The summed E-state index contributed by atoms with van der Waals surface area (Å²) in [5.41, 5.74) is 2.10. The van der Waals surface area contributed by atoms with Crippen LogP contribution < -0.4 is 4.90 Å². The molecule has 1 heterocycles. The Morgan fingerprint density at radius 1 is 0.933 bits per heavy atom. The highest BCUT2D eigenvalue weighted by molar-refractivity contribution is 5.97. The van der Waals surface area contributed by atoms with E-state index in [1.807, 2.05) is 21.9 Å². The van der Waals surface area contributed by atoms with E-state index in [1.54, 1.807) is 0 Å². The molecule has 2 aliphatic rings. The van der Waals surface area contributed by atoms with Crippen molar-refractivity contribution in [2.45, 2.75) is 71.8 Å². The van der Waals surface area contributed by atoms with Crippen LogP contribution in [0.1, 0.15) is 70.8 Å². The third-order valence-corrected chi connectivity index (χ3v) is 6.50. The summed E-state index contributed by atoms with van der Waals surface area (Å²) in [5.74, 6) is 0.677. The molecule has 0 bridgehead atoms. The number of hydrogen-bond acceptors (Lipinski definition) is 3. The molecule has 0 spiro atoms. The number of rotatable bonds is 5. The highest BCUT2D eigenvalue weighted by Gasteiger charge is 2.34. The van der Waals surface area contributed by atoms with Crippen LogP contribution in [0, 0.1) is 5.92 Å². The zero-order chi connectivity index (χ0) is 21.3. The number of likely N-dealkylation sites (N-methyl/N-ethyl adjacent to an activating group) is 1. The number of hydrogen-bond donors (Lipinski definition) is 0. The summed E-state index contributed by atoms with van der Waals surface area (Å²) in [6.07, 6.45) is 8.90. The number of para-hydroxylation sites is 1. The van der Waals surface area contributed by atoms with Crippen molar-refractivity contribution in [1.82, 2.24) is 9.80 Å². The van der Waals surface area contributed by atoms with Gasteiger partial charge in [0.15, 0.2) is 0 Å². The third-order valence-electron chi connectivity index (χ3n) is 6.50. The molecule has 1 aliphatic heterocycles. The fourth-order valence-electron chi connectivity index (χ4n) is 4.32. The van der Waals surface area contributed by atoms with Crippen LogP contribution >= 0.6 is 0 Å². The minimum atomic E-state index is 0.198. The number of carbonyl (C=O) groups is 2. The van der Waals surface area contributed by atoms with Gasteiger partial charge in [-0.25, -0.2) is 0 Å². The summed E-state index contributed by atoms with van der Waals surface area (Å²) in [5, 5.41) is 0. The van der Waals surface area contributed by atoms with Gasteiger partial charge in [-0.2, -0.15) is 0 Å². The SMILES string of the molecule is CCN(CC)CC(=O)N1CCCCCCCCN(C(=O)C2CC2)c2ccccc2C1. The first-order chi connectivity index (χ1) is 14.6. The second kappa shape index (κ2) is 11.5. The Morgan fingerprint density at radius 2 is 1.57 bits per heavy atom. The van der Waals surface area contributed by atoms with Crippen molar-refractivity contribution in [2.75, 3.05) is 37.6 Å². The van der Waals surface area contributed by atoms with Crippen LogP contribution in [-0.4, -0.2) is 54.3 Å². The van der Waals surface area contributed by atoms with Crippen LogP contribution in [0.15, 0.2) is 24.3 Å². The monoisotopic (exact) mass is 413 g/mol. The van der Waals surface area contributed by atoms with Gasteiger partial charge >= 0.3 is 0 Å². The van der Waals surface area contributed by atoms with Crippen LogP contribution in [0.3, 0.4) is 0 Å². The highest BCUT2D eigenvalue weighted by atomic mass is 16.2. The second-order valence-corrected chi connectivity index (χ2v) is 8.79. The maximum atomic E-state index is 13.2. The highest BCUT2D eigenvalue weighted by Crippen LogP contribution is 2.34. The quantitative estimate of drug-likeness (QED) is 0.716. The largest absolute Gasteiger partial charge is 0.337 e. The minimum absolute atomic E-state index is 0.198. The first-order valence-corrected chi connectivity index (χ1v) is 12.0. The molecular weight excluding hydrogens is 374 g/mol. The predicted octanol–water partition coefficient (Wildman–Crippen LogP) is 4.45. The van der Waals surface area contributed by atoms with Crippen LogP contribution in [0.2, 0.25) is 0 Å². The van der Waals surface area contributed by atoms with Crippen molar-refractivity contribution < 1.29 is 9.59 Å². The summed E-state index contributed by atoms with van der Waals surface area (Å²) in [6, 6.07) is 8.22. The van der Waals surface area contributed by atoms with Crippen LogP contribution in [-0.2, 0) is 16.1 Å². The molecule has 2 amide bonds. The van der Waals surface area contributed by atoms with E-state index in [2.05, 4.69) is 30.9 Å². The standard InChI is InChI=1S/C25H39N3O2/c1-3-26(4-2)20-24(29)27-17-11-7-5-6-8-12-18-28(25(30)21-15-16-21)23-14-10-9-13-22(23)19-27/h9-10,13-14,21H,3-8,11-12,15-20H2,1-2H3. The molecule has 5 heteroatoms. The molecule has 0 atom stereocenters. The summed E-state index contributed by atoms with van der Waals surface area (Å²) in [7, 11) is 0. The molecular formula is C25H39N3O2. The summed E-state index contributed by atoms with van der Waals surface area (Å²) in [4.78, 5) is 32.5. The van der Waals surface area contributed by atoms with Gasteiger partial charge in [-0.15, -0.1) is 0 Å². The Balaban J connectivity index is 1.85. The van der Waals surface area contributed by atoms with Gasteiger partial charge in [0.25, 0.3) is 0 Å². The van der Waals surface area contributed by atoms with Crippen LogP contribution in [0.4, 0.5) is 5.69 Å². The molecule has 5 nitrogen and oxygen atoms in total. The molecule has 0 aromatic heterocycles. The molecule has 1 aromatic carbocycles. The van der Waals surface area contributed by atoms with Gasteiger partial charge in [-0.1, -0.05) is 57.7 Å². The van der Waals surface area contributed by atoms with Crippen molar-refractivity contribution in [3.63, 3.8) is 0 Å². The maximum absolute atomic E-state index is 13.2. The van der Waals surface area contributed by atoms with Crippen molar-refractivity contribution in [3.8, 4) is 0 Å². The molecule has 0 N–H and O–H groups in total. The Labute approximate surface area is 182 Å². The van der Waals surface area contributed by atoms with Gasteiger partial charge < -0.3 is 9.80 Å². The lowest BCUT2D eigenvalue weighted by molar-refractivity contribution is -0.133. The average molecular weight is 414 g/mol. The minimum Gasteiger partial charge on any atom is -0.337 e. The smallest absolute Gasteiger partial charge is 0.237 e. The topological polar surface area (TPSA) is 43.9 Å². The van der Waals surface area contributed by atoms with E-state index in [-0.39, 0.29) is 17.7 Å². The van der Waals surface area contributed by atoms with E-state index in [1.165, 1.54) is 25.7 Å². The van der Waals surface area contributed by atoms with Crippen LogP contribution in [0.5, 0.6) is 0 Å². The average Bonchev–Trinajstić information content (AvgIpc) is 3.60. The number of benzene rings is 1. The maximum Gasteiger partial charge on any atom is 0.237 e. The lowest BCUT2D eigenvalue weighted by Gasteiger charge is -2.30. The molecule has 1 fully saturated rings. The molecule has 166 valence electrons. The van der Waals surface area contributed by atoms with Crippen LogP contribution in [0.25, 0.3) is 0 Å². The molecule has 30 heavy (non-hydrogen) atoms. The summed E-state index contributed by atoms with van der Waals surface area (Å²) >= 11 is 0. The fraction of sp³-hybridized carbons (Fsp3) is 0.680. The first-order valence-electron chi connectivity index (χ1n) is 12.0. The molecule has 1 aliphatic carbocycles. The molecule has 0 radical (unpaired) electrons. The van der Waals surface area contributed by atoms with Gasteiger partial charge in [-0.3, -0.25) is 14.5 Å². The van der Waals surface area contributed by atoms with Gasteiger partial charge in [0, 0.05) is 31.2 Å². The zero-order valence-corrected chi connectivity index (χ0v) is 18.9. The Morgan fingerprint density at radius 3 is 2.23 bits per heavy atom. The Hall–Kier alpha value is -1.88. The zero-order valence-electron chi connectivity index (χ0n) is 18.9. The van der Waals surface area contributed by atoms with Crippen molar-refractivity contribution in [3.05, 3.63) is 29.8 Å². The first kappa shape index (κ1) is 22.8. The van der Waals surface area contributed by atoms with Crippen molar-refractivity contribution in [2.24, 2.45) is 5.92 Å². The number of anilines is 1. The number of fused-ring (bicyclic) bond motifs is 1. The third kappa shape index (κ3) is 6.31. The number of amides is 2. The van der Waals surface area contributed by atoms with Gasteiger partial charge in [-0.05, 0) is 50.4 Å². The van der Waals surface area contributed by atoms with Crippen molar-refractivity contribution in [1.29, 1.82) is 0 Å². The second-order valence-electron chi connectivity index (χ2n) is 8.79. The molecule has 0 unspecified atom stereocenters. The molecule has 1 saturated carbocycles. The molecule has 1 aromatic rings.